The first-order chi connectivity index (χ1) is 15.5. The predicted molar refractivity (Wildman–Crippen MR) is 113 cm³/mol. The van der Waals surface area contributed by atoms with Crippen molar-refractivity contribution in [1.82, 2.24) is 0 Å². The topological polar surface area (TPSA) is 171 Å². The molecule has 9 nitrogen and oxygen atoms in total. The number of aliphatic hydroxyl groups excluding tert-OH is 2. The molecule has 170 valence electrons. The summed E-state index contributed by atoms with van der Waals surface area (Å²) in [5.41, 5.74) is 1.26. The van der Waals surface area contributed by atoms with E-state index in [1.807, 2.05) is 0 Å². The van der Waals surface area contributed by atoms with Gasteiger partial charge in [0.05, 0.1) is 11.8 Å². The highest BCUT2D eigenvalue weighted by atomic mass is 16.4. The van der Waals surface area contributed by atoms with Gasteiger partial charge in [-0.15, -0.1) is 0 Å². The van der Waals surface area contributed by atoms with Gasteiger partial charge in [0.25, 0.3) is 5.91 Å². The molecule has 0 saturated carbocycles. The minimum atomic E-state index is -2.63. The summed E-state index contributed by atoms with van der Waals surface area (Å²) >= 11 is 0. The Morgan fingerprint density at radius 3 is 2.55 bits per heavy atom. The van der Waals surface area contributed by atoms with Crippen molar-refractivity contribution in [2.75, 3.05) is 0 Å². The number of aromatic hydroxyl groups is 1. The number of nitrogens with two attached hydrogens (primary N) is 1. The van der Waals surface area contributed by atoms with E-state index < -0.39 is 51.5 Å². The highest BCUT2D eigenvalue weighted by Gasteiger charge is 2.65. The molecule has 0 bridgehead atoms. The summed E-state index contributed by atoms with van der Waals surface area (Å²) in [6, 6.07) is 6.38. The molecule has 33 heavy (non-hydrogen) atoms. The number of carbonyl (C=O) groups excluding carboxylic acids is 3. The Morgan fingerprint density at radius 2 is 1.91 bits per heavy atom. The maximum absolute atomic E-state index is 13.5. The van der Waals surface area contributed by atoms with Gasteiger partial charge in [-0.2, -0.15) is 0 Å². The van der Waals surface area contributed by atoms with Crippen LogP contribution in [0.5, 0.6) is 5.75 Å². The van der Waals surface area contributed by atoms with E-state index in [1.165, 1.54) is 19.3 Å². The molecule has 1 aromatic heterocycles. The number of phenolic OH excluding ortho intramolecular Hbond substituents is 1. The number of aliphatic hydroxyl groups is 3. The number of amides is 1. The number of benzene rings is 1. The predicted octanol–water partition coefficient (Wildman–Crippen LogP) is 2.23. The van der Waals surface area contributed by atoms with Crippen molar-refractivity contribution in [3.05, 3.63) is 64.3 Å². The average Bonchev–Trinajstić information content (AvgIpc) is 3.25. The third-order valence-corrected chi connectivity index (χ3v) is 7.22. The van der Waals surface area contributed by atoms with Crippen LogP contribution in [0.4, 0.5) is 0 Å². The van der Waals surface area contributed by atoms with Crippen LogP contribution >= 0.6 is 0 Å². The Hall–Kier alpha value is -3.85. The van der Waals surface area contributed by atoms with Gasteiger partial charge in [-0.25, -0.2) is 0 Å². The van der Waals surface area contributed by atoms with Crippen molar-refractivity contribution in [1.29, 1.82) is 0 Å². The molecule has 3 aliphatic carbocycles. The first-order valence-corrected chi connectivity index (χ1v) is 10.4. The number of allylic oxidation sites excluding steroid dienone is 2. The van der Waals surface area contributed by atoms with Gasteiger partial charge in [0.2, 0.25) is 5.78 Å². The van der Waals surface area contributed by atoms with Crippen molar-refractivity contribution in [3.63, 3.8) is 0 Å². The van der Waals surface area contributed by atoms with Crippen LogP contribution < -0.4 is 5.73 Å². The quantitative estimate of drug-likeness (QED) is 0.433. The molecule has 0 saturated heterocycles. The fraction of sp³-hybridized carbons (Fsp3) is 0.292. The number of fused-ring (bicyclic) bond motifs is 3. The molecule has 0 fully saturated rings. The first-order valence-electron chi connectivity index (χ1n) is 10.4. The van der Waals surface area contributed by atoms with Gasteiger partial charge in [0.15, 0.2) is 11.4 Å². The lowest BCUT2D eigenvalue weighted by Crippen LogP contribution is -2.62. The summed E-state index contributed by atoms with van der Waals surface area (Å²) in [6.07, 6.45) is 1.44. The Bertz CT molecular complexity index is 1320. The maximum Gasteiger partial charge on any atom is 0.255 e. The molecule has 3 aliphatic rings. The number of hydrogen-bond acceptors (Lipinski definition) is 8. The van der Waals surface area contributed by atoms with E-state index in [2.05, 4.69) is 0 Å². The van der Waals surface area contributed by atoms with Crippen molar-refractivity contribution in [2.24, 2.45) is 17.1 Å². The molecule has 9 heteroatoms. The summed E-state index contributed by atoms with van der Waals surface area (Å²) in [7, 11) is 0. The van der Waals surface area contributed by atoms with Gasteiger partial charge in [-0.1, -0.05) is 6.92 Å². The highest BCUT2D eigenvalue weighted by molar-refractivity contribution is 6.24. The molecular weight excluding hydrogens is 430 g/mol. The van der Waals surface area contributed by atoms with Crippen LogP contribution in [0.3, 0.4) is 0 Å². The van der Waals surface area contributed by atoms with E-state index in [9.17, 15) is 34.8 Å². The molecular formula is C24H21NO8. The lowest BCUT2D eigenvalue weighted by atomic mass is 9.53. The van der Waals surface area contributed by atoms with E-state index in [0.29, 0.717) is 16.9 Å². The van der Waals surface area contributed by atoms with Crippen LogP contribution in [0.15, 0.2) is 57.6 Å². The van der Waals surface area contributed by atoms with Crippen LogP contribution in [0.25, 0.3) is 11.3 Å². The Balaban J connectivity index is 1.73. The van der Waals surface area contributed by atoms with Crippen LogP contribution in [0.2, 0.25) is 0 Å². The average molecular weight is 451 g/mol. The number of primary amides is 1. The first kappa shape index (κ1) is 21.0. The molecule has 1 amide bonds. The third kappa shape index (κ3) is 2.53. The molecule has 1 heterocycles. The normalized spacial score (nSPS) is 29.0. The summed E-state index contributed by atoms with van der Waals surface area (Å²) in [6.45, 7) is 1.50. The number of rotatable bonds is 2. The highest BCUT2D eigenvalue weighted by Crippen LogP contribution is 2.58. The van der Waals surface area contributed by atoms with Crippen molar-refractivity contribution >= 4 is 17.5 Å². The summed E-state index contributed by atoms with van der Waals surface area (Å²) in [4.78, 5) is 38.4. The van der Waals surface area contributed by atoms with Crippen LogP contribution in [0, 0.1) is 11.3 Å². The SMILES string of the molecule is C[C@]12CC(O)=C(C(N)=O)C(=O)[C@@]1(O)C(O)=C1C(=O)c3c(O)ccc(-c4ccco4)c3C[C@H]1C2. The fourth-order valence-electron chi connectivity index (χ4n) is 5.69. The minimum absolute atomic E-state index is 0.0448. The number of hydrogen-bond donors (Lipinski definition) is 5. The zero-order chi connectivity index (χ0) is 23.9. The standard InChI is InChI=1S/C24H21NO8/c1-23-8-10-7-12-11(15-3-2-6-33-15)4-5-13(26)17(12)19(28)16(10)20(29)24(23,32)21(30)18(22(25)31)14(27)9-23/h2-6,10,26-27,29,32H,7-9H2,1H3,(H2,25,31)/t10-,23-,24-/m0/s1. The number of phenols is 1. The molecule has 3 atom stereocenters. The van der Waals surface area contributed by atoms with E-state index in [0.717, 1.165) is 0 Å². The van der Waals surface area contributed by atoms with E-state index in [1.54, 1.807) is 18.2 Å². The van der Waals surface area contributed by atoms with Crippen molar-refractivity contribution < 1.29 is 39.2 Å². The van der Waals surface area contributed by atoms with Crippen molar-refractivity contribution in [2.45, 2.75) is 31.8 Å². The zero-order valence-electron chi connectivity index (χ0n) is 17.6. The van der Waals surface area contributed by atoms with E-state index in [-0.39, 0.29) is 36.1 Å². The minimum Gasteiger partial charge on any atom is -0.511 e. The Labute approximate surface area is 187 Å². The van der Waals surface area contributed by atoms with Gasteiger partial charge in [-0.05, 0) is 48.6 Å². The Kier molecular flexibility index (Phi) is 4.19. The summed E-state index contributed by atoms with van der Waals surface area (Å²) in [5.74, 6) is -5.11. The number of ketones is 2. The number of carbonyl (C=O) groups is 3. The summed E-state index contributed by atoms with van der Waals surface area (Å²) < 4.78 is 5.48. The van der Waals surface area contributed by atoms with Crippen LogP contribution in [-0.4, -0.2) is 43.5 Å². The summed E-state index contributed by atoms with van der Waals surface area (Å²) in [5, 5.41) is 43.5. The monoisotopic (exact) mass is 451 g/mol. The number of Topliss-reactive ketones (excluding diaryl/α,β-unsaturated/α-hetero) is 2. The van der Waals surface area contributed by atoms with Gasteiger partial charge in [-0.3, -0.25) is 14.4 Å². The smallest absolute Gasteiger partial charge is 0.255 e. The van der Waals surface area contributed by atoms with Crippen molar-refractivity contribution in [3.8, 4) is 17.1 Å². The van der Waals surface area contributed by atoms with Crippen LogP contribution in [-0.2, 0) is 16.0 Å². The Morgan fingerprint density at radius 1 is 1.18 bits per heavy atom. The lowest BCUT2D eigenvalue weighted by molar-refractivity contribution is -0.156. The van der Waals surface area contributed by atoms with Gasteiger partial charge < -0.3 is 30.6 Å². The number of furan rings is 1. The third-order valence-electron chi connectivity index (χ3n) is 7.22. The zero-order valence-corrected chi connectivity index (χ0v) is 17.6. The molecule has 0 aliphatic heterocycles. The lowest BCUT2D eigenvalue weighted by Gasteiger charge is -2.52. The van der Waals surface area contributed by atoms with E-state index in [4.69, 9.17) is 10.2 Å². The second-order valence-electron chi connectivity index (χ2n) is 9.12. The molecule has 0 radical (unpaired) electrons. The molecule has 2 aromatic rings. The molecule has 1 aromatic carbocycles. The van der Waals surface area contributed by atoms with Gasteiger partial charge in [0, 0.05) is 23.0 Å². The second-order valence-corrected chi connectivity index (χ2v) is 9.12. The van der Waals surface area contributed by atoms with Crippen LogP contribution in [0.1, 0.15) is 35.7 Å². The molecule has 5 rings (SSSR count). The second kappa shape index (κ2) is 6.58. The molecule has 0 spiro atoms. The molecule has 0 unspecified atom stereocenters. The molecule has 6 N–H and O–H groups in total. The van der Waals surface area contributed by atoms with Gasteiger partial charge >= 0.3 is 0 Å². The fourth-order valence-corrected chi connectivity index (χ4v) is 5.69. The largest absolute Gasteiger partial charge is 0.511 e. The maximum atomic E-state index is 13.5. The van der Waals surface area contributed by atoms with Gasteiger partial charge in [0.1, 0.15) is 28.6 Å². The van der Waals surface area contributed by atoms with E-state index >= 15 is 0 Å².